The van der Waals surface area contributed by atoms with Gasteiger partial charge in [0.15, 0.2) is 0 Å². The number of benzene rings is 1. The van der Waals surface area contributed by atoms with Gasteiger partial charge in [0, 0.05) is 12.6 Å². The molecule has 6 heteroatoms. The highest BCUT2D eigenvalue weighted by molar-refractivity contribution is 6.33. The SMILES string of the molecule is O=[N+]([O-])c1cccc(Cl)c1NCC1CCCNC1. The molecule has 1 unspecified atom stereocenters. The van der Waals surface area contributed by atoms with Crippen molar-refractivity contribution in [1.29, 1.82) is 0 Å². The minimum absolute atomic E-state index is 0.0336. The van der Waals surface area contributed by atoms with Gasteiger partial charge in [0.05, 0.1) is 9.95 Å². The molecular weight excluding hydrogens is 254 g/mol. The number of nitro benzene ring substituents is 1. The standard InChI is InChI=1S/C12H16ClN3O2/c13-10-4-1-5-11(16(17)18)12(10)15-8-9-3-2-6-14-7-9/h1,4-5,9,14-15H,2-3,6-8H2. The summed E-state index contributed by atoms with van der Waals surface area (Å²) in [7, 11) is 0. The zero-order valence-electron chi connectivity index (χ0n) is 9.99. The minimum atomic E-state index is -0.409. The number of piperidine rings is 1. The Balaban J connectivity index is 2.05. The minimum Gasteiger partial charge on any atom is -0.378 e. The first-order valence-electron chi connectivity index (χ1n) is 6.06. The van der Waals surface area contributed by atoms with E-state index < -0.39 is 4.92 Å². The molecule has 1 aromatic rings. The molecule has 2 rings (SSSR count). The van der Waals surface area contributed by atoms with E-state index in [-0.39, 0.29) is 5.69 Å². The topological polar surface area (TPSA) is 67.2 Å². The van der Waals surface area contributed by atoms with Crippen LogP contribution in [0.2, 0.25) is 5.02 Å². The van der Waals surface area contributed by atoms with Crippen molar-refractivity contribution in [2.24, 2.45) is 5.92 Å². The van der Waals surface area contributed by atoms with Gasteiger partial charge in [-0.05, 0) is 37.9 Å². The fourth-order valence-electron chi connectivity index (χ4n) is 2.18. The number of nitro groups is 1. The first-order chi connectivity index (χ1) is 8.68. The monoisotopic (exact) mass is 269 g/mol. The maximum Gasteiger partial charge on any atom is 0.293 e. The van der Waals surface area contributed by atoms with E-state index in [1.165, 1.54) is 6.07 Å². The molecule has 0 spiro atoms. The first kappa shape index (κ1) is 13.1. The summed E-state index contributed by atoms with van der Waals surface area (Å²) >= 11 is 6.01. The number of nitrogens with one attached hydrogen (secondary N) is 2. The van der Waals surface area contributed by atoms with E-state index in [9.17, 15) is 10.1 Å². The lowest BCUT2D eigenvalue weighted by Crippen LogP contribution is -2.33. The van der Waals surface area contributed by atoms with E-state index in [1.54, 1.807) is 12.1 Å². The second-order valence-corrected chi connectivity index (χ2v) is 4.89. The zero-order chi connectivity index (χ0) is 13.0. The van der Waals surface area contributed by atoms with Gasteiger partial charge in [-0.25, -0.2) is 0 Å². The van der Waals surface area contributed by atoms with E-state index >= 15 is 0 Å². The molecule has 0 saturated carbocycles. The smallest absolute Gasteiger partial charge is 0.293 e. The molecule has 1 atom stereocenters. The molecule has 5 nitrogen and oxygen atoms in total. The van der Waals surface area contributed by atoms with Crippen molar-refractivity contribution in [3.63, 3.8) is 0 Å². The molecule has 1 aromatic carbocycles. The van der Waals surface area contributed by atoms with Crippen LogP contribution in [0.3, 0.4) is 0 Å². The van der Waals surface area contributed by atoms with Crippen molar-refractivity contribution in [2.75, 3.05) is 25.0 Å². The van der Waals surface area contributed by atoms with Crippen LogP contribution in [0, 0.1) is 16.0 Å². The van der Waals surface area contributed by atoms with Gasteiger partial charge in [0.2, 0.25) is 0 Å². The molecule has 1 heterocycles. The lowest BCUT2D eigenvalue weighted by atomic mass is 9.99. The Bertz CT molecular complexity index is 433. The second kappa shape index (κ2) is 6.02. The van der Waals surface area contributed by atoms with Crippen molar-refractivity contribution in [2.45, 2.75) is 12.8 Å². The fraction of sp³-hybridized carbons (Fsp3) is 0.500. The summed E-state index contributed by atoms with van der Waals surface area (Å²) in [5.41, 5.74) is 0.459. The molecule has 1 aliphatic heterocycles. The van der Waals surface area contributed by atoms with E-state index in [0.717, 1.165) is 25.9 Å². The summed E-state index contributed by atoms with van der Waals surface area (Å²) in [5.74, 6) is 0.495. The van der Waals surface area contributed by atoms with Crippen molar-refractivity contribution < 1.29 is 4.92 Å². The number of para-hydroxylation sites is 1. The van der Waals surface area contributed by atoms with Crippen LogP contribution in [-0.2, 0) is 0 Å². The molecule has 0 aliphatic carbocycles. The Morgan fingerprint density at radius 3 is 3.06 bits per heavy atom. The van der Waals surface area contributed by atoms with Gasteiger partial charge >= 0.3 is 0 Å². The Kier molecular flexibility index (Phi) is 4.38. The van der Waals surface area contributed by atoms with Gasteiger partial charge < -0.3 is 10.6 Å². The maximum absolute atomic E-state index is 10.9. The Morgan fingerprint density at radius 1 is 1.56 bits per heavy atom. The van der Waals surface area contributed by atoms with Gasteiger partial charge in [-0.15, -0.1) is 0 Å². The predicted octanol–water partition coefficient (Wildman–Crippen LogP) is 2.66. The molecule has 2 N–H and O–H groups in total. The average Bonchev–Trinajstić information content (AvgIpc) is 2.38. The van der Waals surface area contributed by atoms with Gasteiger partial charge in [-0.3, -0.25) is 10.1 Å². The maximum atomic E-state index is 10.9. The summed E-state index contributed by atoms with van der Waals surface area (Å²) in [6, 6.07) is 4.72. The normalized spacial score (nSPS) is 19.5. The highest BCUT2D eigenvalue weighted by Gasteiger charge is 2.18. The molecule has 0 aromatic heterocycles. The van der Waals surface area contributed by atoms with Crippen molar-refractivity contribution in [1.82, 2.24) is 5.32 Å². The summed E-state index contributed by atoms with van der Waals surface area (Å²) in [6.07, 6.45) is 2.29. The summed E-state index contributed by atoms with van der Waals surface area (Å²) in [4.78, 5) is 10.5. The third-order valence-corrected chi connectivity index (χ3v) is 3.47. The molecular formula is C12H16ClN3O2. The van der Waals surface area contributed by atoms with Crippen LogP contribution >= 0.6 is 11.6 Å². The van der Waals surface area contributed by atoms with Crippen LogP contribution in [0.5, 0.6) is 0 Å². The van der Waals surface area contributed by atoms with Crippen LogP contribution in [-0.4, -0.2) is 24.6 Å². The molecule has 1 saturated heterocycles. The number of hydrogen-bond donors (Lipinski definition) is 2. The molecule has 18 heavy (non-hydrogen) atoms. The number of halogens is 1. The van der Waals surface area contributed by atoms with Crippen LogP contribution in [0.15, 0.2) is 18.2 Å². The lowest BCUT2D eigenvalue weighted by Gasteiger charge is -2.23. The molecule has 0 amide bonds. The third kappa shape index (κ3) is 3.11. The van der Waals surface area contributed by atoms with Crippen LogP contribution < -0.4 is 10.6 Å². The Labute approximate surface area is 111 Å². The number of anilines is 1. The van der Waals surface area contributed by atoms with Crippen molar-refractivity contribution >= 4 is 23.0 Å². The predicted molar refractivity (Wildman–Crippen MR) is 72.2 cm³/mol. The number of nitrogens with zero attached hydrogens (tertiary/aromatic N) is 1. The molecule has 1 aliphatic rings. The molecule has 0 radical (unpaired) electrons. The third-order valence-electron chi connectivity index (χ3n) is 3.15. The lowest BCUT2D eigenvalue weighted by molar-refractivity contribution is -0.383. The largest absolute Gasteiger partial charge is 0.378 e. The summed E-state index contributed by atoms with van der Waals surface area (Å²) < 4.78 is 0. The number of hydrogen-bond acceptors (Lipinski definition) is 4. The van der Waals surface area contributed by atoms with E-state index in [2.05, 4.69) is 10.6 Å². The van der Waals surface area contributed by atoms with Gasteiger partial charge in [0.25, 0.3) is 5.69 Å². The first-order valence-corrected chi connectivity index (χ1v) is 6.44. The Hall–Kier alpha value is -1.33. The quantitative estimate of drug-likeness (QED) is 0.651. The Morgan fingerprint density at radius 2 is 2.39 bits per heavy atom. The van der Waals surface area contributed by atoms with Crippen LogP contribution in [0.25, 0.3) is 0 Å². The highest BCUT2D eigenvalue weighted by Crippen LogP contribution is 2.32. The van der Waals surface area contributed by atoms with E-state index in [4.69, 9.17) is 11.6 Å². The fourth-order valence-corrected chi connectivity index (χ4v) is 2.42. The highest BCUT2D eigenvalue weighted by atomic mass is 35.5. The van der Waals surface area contributed by atoms with Gasteiger partial charge in [-0.1, -0.05) is 17.7 Å². The van der Waals surface area contributed by atoms with Gasteiger partial charge in [-0.2, -0.15) is 0 Å². The summed E-state index contributed by atoms with van der Waals surface area (Å²) in [5, 5.41) is 17.8. The average molecular weight is 270 g/mol. The summed E-state index contributed by atoms with van der Waals surface area (Å²) in [6.45, 7) is 2.71. The second-order valence-electron chi connectivity index (χ2n) is 4.48. The van der Waals surface area contributed by atoms with Crippen molar-refractivity contribution in [3.8, 4) is 0 Å². The molecule has 0 bridgehead atoms. The van der Waals surface area contributed by atoms with Crippen LogP contribution in [0.4, 0.5) is 11.4 Å². The van der Waals surface area contributed by atoms with Gasteiger partial charge in [0.1, 0.15) is 5.69 Å². The molecule has 1 fully saturated rings. The zero-order valence-corrected chi connectivity index (χ0v) is 10.7. The van der Waals surface area contributed by atoms with Crippen molar-refractivity contribution in [3.05, 3.63) is 33.3 Å². The van der Waals surface area contributed by atoms with Crippen LogP contribution in [0.1, 0.15) is 12.8 Å². The number of rotatable bonds is 4. The molecule has 98 valence electrons. The van der Waals surface area contributed by atoms with E-state index in [1.807, 2.05) is 0 Å². The van der Waals surface area contributed by atoms with E-state index in [0.29, 0.717) is 23.2 Å².